The molecule has 118 valence electrons. The van der Waals surface area contributed by atoms with Crippen LogP contribution in [0.2, 0.25) is 0 Å². The zero-order valence-corrected chi connectivity index (χ0v) is 13.5. The van der Waals surface area contributed by atoms with Crippen LogP contribution in [-0.4, -0.2) is 44.4 Å². The molecule has 2 unspecified atom stereocenters. The quantitative estimate of drug-likeness (QED) is 0.637. The van der Waals surface area contributed by atoms with E-state index >= 15 is 0 Å². The minimum absolute atomic E-state index is 0.0269. The number of nitrogens with two attached hydrogens (primary N) is 1. The number of nitrogens with zero attached hydrogens (tertiary/aromatic N) is 1. The molecule has 0 radical (unpaired) electrons. The maximum Gasteiger partial charge on any atom is 0.124 e. The first-order valence-electron chi connectivity index (χ1n) is 7.55. The van der Waals surface area contributed by atoms with Crippen molar-refractivity contribution in [2.24, 2.45) is 5.84 Å². The summed E-state index contributed by atoms with van der Waals surface area (Å²) in [6, 6.07) is 4.13. The monoisotopic (exact) mass is 293 g/mol. The molecule has 5 heteroatoms. The molecule has 0 amide bonds. The van der Waals surface area contributed by atoms with E-state index in [4.69, 9.17) is 15.3 Å². The van der Waals surface area contributed by atoms with E-state index in [2.05, 4.69) is 37.2 Å². The summed E-state index contributed by atoms with van der Waals surface area (Å²) in [5.41, 5.74) is 6.38. The number of aryl methyl sites for hydroxylation is 2. The number of benzene rings is 1. The molecular weight excluding hydrogens is 266 g/mol. The minimum Gasteiger partial charge on any atom is -0.496 e. The van der Waals surface area contributed by atoms with Crippen LogP contribution < -0.4 is 16.0 Å². The smallest absolute Gasteiger partial charge is 0.124 e. The number of ether oxygens (including phenoxy) is 2. The van der Waals surface area contributed by atoms with E-state index in [0.717, 1.165) is 37.6 Å². The van der Waals surface area contributed by atoms with Crippen LogP contribution in [0.25, 0.3) is 0 Å². The predicted octanol–water partition coefficient (Wildman–Crippen LogP) is 1.54. The third kappa shape index (κ3) is 3.55. The van der Waals surface area contributed by atoms with E-state index in [1.54, 1.807) is 7.11 Å². The second-order valence-corrected chi connectivity index (χ2v) is 5.64. The number of hydrogen-bond acceptors (Lipinski definition) is 5. The topological polar surface area (TPSA) is 59.8 Å². The molecule has 2 atom stereocenters. The van der Waals surface area contributed by atoms with Gasteiger partial charge < -0.3 is 9.47 Å². The lowest BCUT2D eigenvalue weighted by Crippen LogP contribution is -2.49. The molecule has 3 N–H and O–H groups in total. The summed E-state index contributed by atoms with van der Waals surface area (Å²) in [4.78, 5) is 2.38. The van der Waals surface area contributed by atoms with E-state index in [9.17, 15) is 0 Å². The molecule has 1 aliphatic rings. The normalized spacial score (nSPS) is 21.3. The largest absolute Gasteiger partial charge is 0.496 e. The average Bonchev–Trinajstić information content (AvgIpc) is 2.49. The van der Waals surface area contributed by atoms with Gasteiger partial charge in [-0.1, -0.05) is 13.0 Å². The molecule has 2 rings (SSSR count). The number of likely N-dealkylation sites (N-methyl/N-ethyl adjacent to an activating group) is 1. The van der Waals surface area contributed by atoms with Gasteiger partial charge >= 0.3 is 0 Å². The number of hydrogen-bond donors (Lipinski definition) is 2. The Hall–Kier alpha value is -1.14. The Balaban J connectivity index is 2.32. The Bertz CT molecular complexity index is 479. The molecule has 0 spiro atoms. The molecule has 0 bridgehead atoms. The Kier molecular flexibility index (Phi) is 5.58. The van der Waals surface area contributed by atoms with Gasteiger partial charge in [-0.2, -0.15) is 0 Å². The van der Waals surface area contributed by atoms with Crippen molar-refractivity contribution in [2.45, 2.75) is 32.9 Å². The fourth-order valence-corrected chi connectivity index (χ4v) is 3.10. The average molecular weight is 293 g/mol. The van der Waals surface area contributed by atoms with Crippen molar-refractivity contribution in [2.75, 3.05) is 33.4 Å². The summed E-state index contributed by atoms with van der Waals surface area (Å²) in [7, 11) is 1.70. The predicted molar refractivity (Wildman–Crippen MR) is 84.4 cm³/mol. The van der Waals surface area contributed by atoms with Crippen molar-refractivity contribution in [1.82, 2.24) is 10.3 Å². The van der Waals surface area contributed by atoms with Gasteiger partial charge in [0.25, 0.3) is 0 Å². The van der Waals surface area contributed by atoms with Crippen LogP contribution in [0.3, 0.4) is 0 Å². The number of morpholine rings is 1. The van der Waals surface area contributed by atoms with E-state index in [0.29, 0.717) is 0 Å². The number of methoxy groups -OCH3 is 1. The highest BCUT2D eigenvalue weighted by molar-refractivity contribution is 5.45. The van der Waals surface area contributed by atoms with E-state index in [1.165, 1.54) is 11.1 Å². The van der Waals surface area contributed by atoms with Gasteiger partial charge in [0.1, 0.15) is 5.75 Å². The molecule has 1 aromatic rings. The fraction of sp³-hybridized carbons (Fsp3) is 0.625. The van der Waals surface area contributed by atoms with Crippen molar-refractivity contribution >= 4 is 0 Å². The van der Waals surface area contributed by atoms with Gasteiger partial charge in [0, 0.05) is 18.7 Å². The van der Waals surface area contributed by atoms with Crippen LogP contribution in [0.4, 0.5) is 0 Å². The van der Waals surface area contributed by atoms with E-state index in [-0.39, 0.29) is 12.1 Å². The molecule has 0 saturated carbocycles. The summed E-state index contributed by atoms with van der Waals surface area (Å²) >= 11 is 0. The zero-order chi connectivity index (χ0) is 15.4. The van der Waals surface area contributed by atoms with Crippen LogP contribution in [-0.2, 0) is 4.74 Å². The number of rotatable bonds is 5. The van der Waals surface area contributed by atoms with Crippen LogP contribution in [0, 0.1) is 13.8 Å². The lowest BCUT2D eigenvalue weighted by atomic mass is 9.93. The molecular formula is C16H27N3O2. The first-order chi connectivity index (χ1) is 10.1. The molecule has 21 heavy (non-hydrogen) atoms. The molecule has 1 aromatic carbocycles. The maximum absolute atomic E-state index is 5.96. The van der Waals surface area contributed by atoms with Gasteiger partial charge in [0.05, 0.1) is 25.9 Å². The van der Waals surface area contributed by atoms with Crippen LogP contribution in [0.15, 0.2) is 12.1 Å². The molecule has 1 saturated heterocycles. The van der Waals surface area contributed by atoms with Crippen molar-refractivity contribution in [3.05, 3.63) is 28.8 Å². The SMILES string of the molecule is CCN1CCOC(C(NN)c2c(C)cc(C)cc2OC)C1. The van der Waals surface area contributed by atoms with Gasteiger partial charge in [-0.25, -0.2) is 0 Å². The van der Waals surface area contributed by atoms with Crippen molar-refractivity contribution in [3.8, 4) is 5.75 Å². The van der Waals surface area contributed by atoms with Crippen molar-refractivity contribution in [1.29, 1.82) is 0 Å². The highest BCUT2D eigenvalue weighted by atomic mass is 16.5. The summed E-state index contributed by atoms with van der Waals surface area (Å²) in [6.07, 6.45) is 0.0269. The number of hydrazine groups is 1. The highest BCUT2D eigenvalue weighted by Crippen LogP contribution is 2.33. The van der Waals surface area contributed by atoms with Gasteiger partial charge in [-0.05, 0) is 37.6 Å². The Morgan fingerprint density at radius 1 is 1.48 bits per heavy atom. The summed E-state index contributed by atoms with van der Waals surface area (Å²) in [5, 5.41) is 0. The molecule has 1 aliphatic heterocycles. The second kappa shape index (κ2) is 7.22. The Morgan fingerprint density at radius 3 is 2.86 bits per heavy atom. The molecule has 1 fully saturated rings. The minimum atomic E-state index is -0.0742. The van der Waals surface area contributed by atoms with Gasteiger partial charge in [0.15, 0.2) is 0 Å². The number of nitrogens with one attached hydrogen (secondary N) is 1. The lowest BCUT2D eigenvalue weighted by Gasteiger charge is -2.37. The summed E-state index contributed by atoms with van der Waals surface area (Å²) in [6.45, 7) is 9.96. The fourth-order valence-electron chi connectivity index (χ4n) is 3.10. The van der Waals surface area contributed by atoms with Gasteiger partial charge in [0.2, 0.25) is 0 Å². The summed E-state index contributed by atoms with van der Waals surface area (Å²) < 4.78 is 11.5. The second-order valence-electron chi connectivity index (χ2n) is 5.64. The highest BCUT2D eigenvalue weighted by Gasteiger charge is 2.31. The third-order valence-electron chi connectivity index (χ3n) is 4.20. The first kappa shape index (κ1) is 16.2. The molecule has 5 nitrogen and oxygen atoms in total. The van der Waals surface area contributed by atoms with Crippen LogP contribution >= 0.6 is 0 Å². The third-order valence-corrected chi connectivity index (χ3v) is 4.20. The van der Waals surface area contributed by atoms with Crippen molar-refractivity contribution < 1.29 is 9.47 Å². The molecule has 0 aromatic heterocycles. The van der Waals surface area contributed by atoms with E-state index < -0.39 is 0 Å². The molecule has 0 aliphatic carbocycles. The first-order valence-corrected chi connectivity index (χ1v) is 7.55. The molecule has 1 heterocycles. The Labute approximate surface area is 127 Å². The van der Waals surface area contributed by atoms with Crippen LogP contribution in [0.5, 0.6) is 5.75 Å². The Morgan fingerprint density at radius 2 is 2.24 bits per heavy atom. The van der Waals surface area contributed by atoms with Gasteiger partial charge in [-0.15, -0.1) is 0 Å². The summed E-state index contributed by atoms with van der Waals surface area (Å²) in [5.74, 6) is 6.72. The maximum atomic E-state index is 5.96. The van der Waals surface area contributed by atoms with E-state index in [1.807, 2.05) is 6.07 Å². The zero-order valence-electron chi connectivity index (χ0n) is 13.5. The van der Waals surface area contributed by atoms with Crippen molar-refractivity contribution in [3.63, 3.8) is 0 Å². The van der Waals surface area contributed by atoms with Gasteiger partial charge in [-0.3, -0.25) is 16.2 Å². The van der Waals surface area contributed by atoms with Crippen LogP contribution in [0.1, 0.15) is 29.7 Å². The lowest BCUT2D eigenvalue weighted by molar-refractivity contribution is -0.0460. The standard InChI is InChI=1S/C16H27N3O2/c1-5-19-6-7-21-14(10-19)16(18-17)15-12(3)8-11(2)9-13(15)20-4/h8-9,14,16,18H,5-7,10,17H2,1-4H3.